The van der Waals surface area contributed by atoms with Crippen LogP contribution in [0.3, 0.4) is 0 Å². The number of amides is 1. The summed E-state index contributed by atoms with van der Waals surface area (Å²) in [6.45, 7) is 1.44. The number of fused-ring (bicyclic) bond motifs is 1. The smallest absolute Gasteiger partial charge is 0.305 e. The highest BCUT2D eigenvalue weighted by Crippen LogP contribution is 2.54. The lowest BCUT2D eigenvalue weighted by Crippen LogP contribution is -2.37. The van der Waals surface area contributed by atoms with E-state index in [0.717, 1.165) is 43.5 Å². The zero-order valence-electron chi connectivity index (χ0n) is 16.8. The van der Waals surface area contributed by atoms with Gasteiger partial charge in [0.15, 0.2) is 11.5 Å². The topological polar surface area (TPSA) is 38.8 Å². The van der Waals surface area contributed by atoms with E-state index in [1.54, 1.807) is 6.07 Å². The minimum atomic E-state index is -1.25. The summed E-state index contributed by atoms with van der Waals surface area (Å²) in [6.07, 6.45) is 3.12. The van der Waals surface area contributed by atoms with Crippen LogP contribution in [0, 0.1) is 0 Å². The van der Waals surface area contributed by atoms with Crippen LogP contribution in [-0.4, -0.2) is 23.9 Å². The maximum absolute atomic E-state index is 13.2. The third-order valence-electron chi connectivity index (χ3n) is 5.80. The molecule has 158 valence electrons. The maximum atomic E-state index is 13.2. The van der Waals surface area contributed by atoms with E-state index < -0.39 is 5.79 Å². The SMILES string of the molecule is O=C(c1cc(Cl)c2c(c1Cl)OC(c1ccccc1)(c1ccccc1)O2)N1CCCCC1. The largest absolute Gasteiger partial charge is 0.439 e. The number of benzene rings is 3. The van der Waals surface area contributed by atoms with Crippen LogP contribution < -0.4 is 9.47 Å². The second-order valence-electron chi connectivity index (χ2n) is 7.78. The fourth-order valence-electron chi connectivity index (χ4n) is 4.22. The van der Waals surface area contributed by atoms with Gasteiger partial charge in [-0.05, 0) is 25.3 Å². The van der Waals surface area contributed by atoms with E-state index in [0.29, 0.717) is 22.1 Å². The summed E-state index contributed by atoms with van der Waals surface area (Å²) >= 11 is 13.3. The molecule has 0 N–H and O–H groups in total. The number of likely N-dealkylation sites (tertiary alicyclic amines) is 1. The first-order chi connectivity index (χ1) is 15.1. The van der Waals surface area contributed by atoms with Crippen molar-refractivity contribution in [3.8, 4) is 11.5 Å². The van der Waals surface area contributed by atoms with E-state index in [4.69, 9.17) is 32.7 Å². The van der Waals surface area contributed by atoms with Crippen molar-refractivity contribution in [3.05, 3.63) is 93.5 Å². The van der Waals surface area contributed by atoms with Gasteiger partial charge in [-0.15, -0.1) is 0 Å². The number of carbonyl (C=O) groups is 1. The molecular formula is C25H21Cl2NO3. The molecule has 0 unspecified atom stereocenters. The summed E-state index contributed by atoms with van der Waals surface area (Å²) in [4.78, 5) is 15.0. The van der Waals surface area contributed by atoms with E-state index in [2.05, 4.69) is 0 Å². The van der Waals surface area contributed by atoms with Crippen molar-refractivity contribution < 1.29 is 14.3 Å². The number of carbonyl (C=O) groups excluding carboxylic acids is 1. The lowest BCUT2D eigenvalue weighted by atomic mass is 9.97. The Hall–Kier alpha value is -2.69. The molecule has 0 saturated carbocycles. The standard InChI is InChI=1S/C25H21Cl2NO3/c26-20-16-19(24(29)28-14-8-3-9-15-28)21(27)23-22(20)30-25(31-23,17-10-4-1-5-11-17)18-12-6-2-7-13-18/h1-2,4-7,10-13,16H,3,8-9,14-15H2. The van der Waals surface area contributed by atoms with Crippen LogP contribution in [-0.2, 0) is 5.79 Å². The van der Waals surface area contributed by atoms with E-state index in [1.165, 1.54) is 0 Å². The minimum absolute atomic E-state index is 0.130. The fraction of sp³-hybridized carbons (Fsp3) is 0.240. The molecule has 0 aromatic heterocycles. The lowest BCUT2D eigenvalue weighted by molar-refractivity contribution is -0.0458. The molecule has 0 aliphatic carbocycles. The van der Waals surface area contributed by atoms with Gasteiger partial charge in [-0.25, -0.2) is 0 Å². The van der Waals surface area contributed by atoms with Gasteiger partial charge in [-0.2, -0.15) is 0 Å². The van der Waals surface area contributed by atoms with Crippen molar-refractivity contribution in [2.24, 2.45) is 0 Å². The molecule has 31 heavy (non-hydrogen) atoms. The van der Waals surface area contributed by atoms with Gasteiger partial charge in [-0.3, -0.25) is 4.79 Å². The van der Waals surface area contributed by atoms with Gasteiger partial charge in [0, 0.05) is 24.2 Å². The molecule has 0 radical (unpaired) electrons. The van der Waals surface area contributed by atoms with Crippen LogP contribution in [0.25, 0.3) is 0 Å². The zero-order chi connectivity index (χ0) is 21.4. The molecule has 3 aromatic rings. The Morgan fingerprint density at radius 1 is 0.806 bits per heavy atom. The van der Waals surface area contributed by atoms with Gasteiger partial charge in [0.05, 0.1) is 15.6 Å². The van der Waals surface area contributed by atoms with Gasteiger partial charge in [0.1, 0.15) is 0 Å². The van der Waals surface area contributed by atoms with Crippen molar-refractivity contribution in [1.29, 1.82) is 0 Å². The molecule has 3 aromatic carbocycles. The highest BCUT2D eigenvalue weighted by Gasteiger charge is 2.48. The van der Waals surface area contributed by atoms with Crippen molar-refractivity contribution in [1.82, 2.24) is 4.90 Å². The Balaban J connectivity index is 1.61. The Bertz CT molecular complexity index is 1070. The van der Waals surface area contributed by atoms with E-state index in [1.807, 2.05) is 65.6 Å². The molecule has 1 fully saturated rings. The summed E-state index contributed by atoms with van der Waals surface area (Å²) in [6, 6.07) is 20.9. The molecule has 0 spiro atoms. The predicted molar refractivity (Wildman–Crippen MR) is 121 cm³/mol. The second-order valence-corrected chi connectivity index (χ2v) is 8.57. The molecule has 6 heteroatoms. The molecule has 1 amide bonds. The summed E-state index contributed by atoms with van der Waals surface area (Å²) < 4.78 is 12.8. The van der Waals surface area contributed by atoms with Crippen LogP contribution in [0.1, 0.15) is 40.7 Å². The molecule has 4 nitrogen and oxygen atoms in total. The summed E-state index contributed by atoms with van der Waals surface area (Å²) in [5.74, 6) is -0.739. The number of rotatable bonds is 3. The summed E-state index contributed by atoms with van der Waals surface area (Å²) in [7, 11) is 0. The van der Waals surface area contributed by atoms with Crippen molar-refractivity contribution >= 4 is 29.1 Å². The highest BCUT2D eigenvalue weighted by molar-refractivity contribution is 6.38. The Kier molecular flexibility index (Phi) is 5.28. The quantitative estimate of drug-likeness (QED) is 0.467. The number of piperidine rings is 1. The van der Waals surface area contributed by atoms with Crippen LogP contribution in [0.2, 0.25) is 10.0 Å². The molecule has 0 atom stereocenters. The number of ether oxygens (including phenoxy) is 2. The number of nitrogens with zero attached hydrogens (tertiary/aromatic N) is 1. The van der Waals surface area contributed by atoms with Gasteiger partial charge in [0.2, 0.25) is 0 Å². The van der Waals surface area contributed by atoms with E-state index in [9.17, 15) is 4.79 Å². The fourth-order valence-corrected chi connectivity index (χ4v) is 4.71. The van der Waals surface area contributed by atoms with E-state index in [-0.39, 0.29) is 10.9 Å². The third kappa shape index (κ3) is 3.44. The normalized spacial score (nSPS) is 16.9. The average molecular weight is 454 g/mol. The Morgan fingerprint density at radius 3 is 1.94 bits per heavy atom. The number of halogens is 2. The number of hydrogen-bond donors (Lipinski definition) is 0. The Morgan fingerprint density at radius 2 is 1.35 bits per heavy atom. The highest BCUT2D eigenvalue weighted by atomic mass is 35.5. The predicted octanol–water partition coefficient (Wildman–Crippen LogP) is 6.29. The molecule has 0 bridgehead atoms. The van der Waals surface area contributed by atoms with Crippen LogP contribution in [0.5, 0.6) is 11.5 Å². The van der Waals surface area contributed by atoms with Gasteiger partial charge >= 0.3 is 5.79 Å². The first-order valence-corrected chi connectivity index (χ1v) is 11.2. The van der Waals surface area contributed by atoms with Crippen molar-refractivity contribution in [3.63, 3.8) is 0 Å². The monoisotopic (exact) mass is 453 g/mol. The molecule has 2 aliphatic rings. The third-order valence-corrected chi connectivity index (χ3v) is 6.46. The maximum Gasteiger partial charge on any atom is 0.305 e. The second kappa shape index (κ2) is 8.10. The minimum Gasteiger partial charge on any atom is -0.439 e. The first kappa shape index (κ1) is 20.2. The van der Waals surface area contributed by atoms with Crippen molar-refractivity contribution in [2.45, 2.75) is 25.0 Å². The molecular weight excluding hydrogens is 433 g/mol. The van der Waals surface area contributed by atoms with E-state index >= 15 is 0 Å². The zero-order valence-corrected chi connectivity index (χ0v) is 18.3. The average Bonchev–Trinajstić information content (AvgIpc) is 3.26. The van der Waals surface area contributed by atoms with Crippen molar-refractivity contribution in [2.75, 3.05) is 13.1 Å². The molecule has 2 aliphatic heterocycles. The summed E-state index contributed by atoms with van der Waals surface area (Å²) in [5, 5.41) is 0.525. The summed E-state index contributed by atoms with van der Waals surface area (Å²) in [5.41, 5.74) is 1.94. The van der Waals surface area contributed by atoms with Gasteiger partial charge < -0.3 is 14.4 Å². The van der Waals surface area contributed by atoms with Crippen LogP contribution >= 0.6 is 23.2 Å². The lowest BCUT2D eigenvalue weighted by Gasteiger charge is -2.28. The molecule has 2 heterocycles. The van der Waals surface area contributed by atoms with Gasteiger partial charge in [-0.1, -0.05) is 83.9 Å². The van der Waals surface area contributed by atoms with Crippen LogP contribution in [0.15, 0.2) is 66.7 Å². The number of hydrogen-bond acceptors (Lipinski definition) is 3. The Labute approximate surface area is 191 Å². The van der Waals surface area contributed by atoms with Crippen LogP contribution in [0.4, 0.5) is 0 Å². The first-order valence-electron chi connectivity index (χ1n) is 10.4. The van der Waals surface area contributed by atoms with Gasteiger partial charge in [0.25, 0.3) is 5.91 Å². The molecule has 5 rings (SSSR count). The molecule has 1 saturated heterocycles.